The molecule has 2 aromatic heterocycles. The number of pyridine rings is 1. The molecule has 0 aliphatic heterocycles. The first kappa shape index (κ1) is 23.0. The van der Waals surface area contributed by atoms with Gasteiger partial charge in [0.15, 0.2) is 11.0 Å². The molecule has 2 heterocycles. The highest BCUT2D eigenvalue weighted by Crippen LogP contribution is 2.38. The topological polar surface area (TPSA) is 102 Å². The number of amides is 3. The van der Waals surface area contributed by atoms with Crippen molar-refractivity contribution in [1.82, 2.24) is 30.4 Å². The minimum atomic E-state index is -0.511. The molecule has 0 bridgehead atoms. The molecule has 2 atom stereocenters. The fourth-order valence-corrected chi connectivity index (χ4v) is 4.95. The number of carbonyl (C=O) groups is 2. The Morgan fingerprint density at radius 2 is 1.91 bits per heavy atom. The summed E-state index contributed by atoms with van der Waals surface area (Å²) in [5, 5.41) is 14.6. The van der Waals surface area contributed by atoms with Crippen LogP contribution in [0.2, 0.25) is 0 Å². The number of nitrogens with zero attached hydrogens (tertiary/aromatic N) is 4. The van der Waals surface area contributed by atoms with Crippen LogP contribution in [0.15, 0.2) is 60.0 Å². The van der Waals surface area contributed by atoms with E-state index in [1.54, 1.807) is 12.4 Å². The van der Waals surface area contributed by atoms with Gasteiger partial charge >= 0.3 is 6.03 Å². The SMILES string of the molecule is CC1CCCCC1n1c(SCC(=O)NC(=O)NCc2ccccc2)nnc1-c1cccnc1. The highest BCUT2D eigenvalue weighted by Gasteiger charge is 2.29. The van der Waals surface area contributed by atoms with Gasteiger partial charge in [0.2, 0.25) is 5.91 Å². The van der Waals surface area contributed by atoms with E-state index in [1.165, 1.54) is 18.2 Å². The van der Waals surface area contributed by atoms with Crippen molar-refractivity contribution >= 4 is 23.7 Å². The van der Waals surface area contributed by atoms with E-state index in [2.05, 4.69) is 37.3 Å². The molecule has 1 saturated carbocycles. The third-order valence-electron chi connectivity index (χ3n) is 5.86. The van der Waals surface area contributed by atoms with Gasteiger partial charge in [0, 0.05) is 30.5 Å². The molecule has 1 aromatic carbocycles. The first-order valence-corrected chi connectivity index (χ1v) is 12.2. The number of urea groups is 1. The molecule has 8 nitrogen and oxygen atoms in total. The number of hydrogen-bond acceptors (Lipinski definition) is 6. The monoisotopic (exact) mass is 464 g/mol. The number of carbonyl (C=O) groups excluding carboxylic acids is 2. The number of benzene rings is 1. The second kappa shape index (κ2) is 11.1. The Morgan fingerprint density at radius 3 is 2.67 bits per heavy atom. The maximum Gasteiger partial charge on any atom is 0.321 e. The first-order valence-electron chi connectivity index (χ1n) is 11.2. The lowest BCUT2D eigenvalue weighted by atomic mass is 9.85. The minimum absolute atomic E-state index is 0.0744. The predicted octanol–water partition coefficient (Wildman–Crippen LogP) is 4.21. The highest BCUT2D eigenvalue weighted by atomic mass is 32.2. The van der Waals surface area contributed by atoms with Crippen LogP contribution in [0, 0.1) is 5.92 Å². The minimum Gasteiger partial charge on any atom is -0.334 e. The van der Waals surface area contributed by atoms with E-state index < -0.39 is 6.03 Å². The van der Waals surface area contributed by atoms with Gasteiger partial charge < -0.3 is 5.32 Å². The average Bonchev–Trinajstić information content (AvgIpc) is 3.27. The Bertz CT molecular complexity index is 1070. The number of hydrogen-bond donors (Lipinski definition) is 2. The van der Waals surface area contributed by atoms with Crippen molar-refractivity contribution in [2.24, 2.45) is 5.92 Å². The maximum atomic E-state index is 12.4. The fourth-order valence-electron chi connectivity index (χ4n) is 4.16. The number of imide groups is 1. The molecule has 172 valence electrons. The molecule has 1 fully saturated rings. The molecule has 1 aliphatic carbocycles. The second-order valence-corrected chi connectivity index (χ2v) is 9.19. The molecule has 3 aromatic rings. The van der Waals surface area contributed by atoms with E-state index >= 15 is 0 Å². The Balaban J connectivity index is 1.41. The molecule has 0 saturated heterocycles. The van der Waals surface area contributed by atoms with Gasteiger partial charge in [-0.3, -0.25) is 19.7 Å². The van der Waals surface area contributed by atoms with E-state index in [9.17, 15) is 9.59 Å². The van der Waals surface area contributed by atoms with Crippen molar-refractivity contribution in [2.75, 3.05) is 5.75 Å². The Kier molecular flexibility index (Phi) is 7.72. The zero-order valence-corrected chi connectivity index (χ0v) is 19.4. The highest BCUT2D eigenvalue weighted by molar-refractivity contribution is 7.99. The van der Waals surface area contributed by atoms with Crippen molar-refractivity contribution in [3.05, 3.63) is 60.4 Å². The summed E-state index contributed by atoms with van der Waals surface area (Å²) in [6, 6.07) is 13.2. The lowest BCUT2D eigenvalue weighted by Gasteiger charge is -2.31. The van der Waals surface area contributed by atoms with E-state index in [-0.39, 0.29) is 17.7 Å². The lowest BCUT2D eigenvalue weighted by molar-refractivity contribution is -0.117. The van der Waals surface area contributed by atoms with Gasteiger partial charge in [-0.25, -0.2) is 4.79 Å². The molecule has 1 aliphatic rings. The van der Waals surface area contributed by atoms with E-state index in [0.29, 0.717) is 17.6 Å². The van der Waals surface area contributed by atoms with Crippen LogP contribution in [0.4, 0.5) is 4.79 Å². The summed E-state index contributed by atoms with van der Waals surface area (Å²) in [6.45, 7) is 2.62. The smallest absolute Gasteiger partial charge is 0.321 e. The molecule has 4 rings (SSSR count). The standard InChI is InChI=1S/C24H28N6O2S/c1-17-8-5-6-12-20(17)30-22(19-11-7-13-25-15-19)28-29-24(30)33-16-21(31)27-23(32)26-14-18-9-3-2-4-10-18/h2-4,7,9-11,13,15,17,20H,5-6,8,12,14,16H2,1H3,(H2,26,27,31,32). The van der Waals surface area contributed by atoms with Crippen LogP contribution in [-0.2, 0) is 11.3 Å². The summed E-state index contributed by atoms with van der Waals surface area (Å²) in [4.78, 5) is 28.7. The zero-order valence-electron chi connectivity index (χ0n) is 18.6. The predicted molar refractivity (Wildman–Crippen MR) is 127 cm³/mol. The summed E-state index contributed by atoms with van der Waals surface area (Å²) in [7, 11) is 0. The Morgan fingerprint density at radius 1 is 1.09 bits per heavy atom. The summed E-state index contributed by atoms with van der Waals surface area (Å²) in [5.41, 5.74) is 1.87. The van der Waals surface area contributed by atoms with Gasteiger partial charge in [0.1, 0.15) is 0 Å². The summed E-state index contributed by atoms with van der Waals surface area (Å²) >= 11 is 1.30. The first-order chi connectivity index (χ1) is 16.1. The van der Waals surface area contributed by atoms with E-state index in [0.717, 1.165) is 36.2 Å². The van der Waals surface area contributed by atoms with Gasteiger partial charge in [0.25, 0.3) is 0 Å². The summed E-state index contributed by atoms with van der Waals surface area (Å²) in [5.74, 6) is 0.956. The van der Waals surface area contributed by atoms with Gasteiger partial charge in [-0.2, -0.15) is 0 Å². The molecular formula is C24H28N6O2S. The van der Waals surface area contributed by atoms with Gasteiger partial charge in [-0.05, 0) is 36.5 Å². The third kappa shape index (κ3) is 5.98. The number of aromatic nitrogens is 4. The Labute approximate surface area is 197 Å². The molecule has 2 N–H and O–H groups in total. The van der Waals surface area contributed by atoms with Crippen LogP contribution in [-0.4, -0.2) is 37.4 Å². The van der Waals surface area contributed by atoms with Crippen molar-refractivity contribution in [3.63, 3.8) is 0 Å². The van der Waals surface area contributed by atoms with Gasteiger partial charge in [0.05, 0.1) is 5.75 Å². The summed E-state index contributed by atoms with van der Waals surface area (Å²) in [6.07, 6.45) is 8.11. The molecule has 9 heteroatoms. The number of rotatable bonds is 7. The lowest BCUT2D eigenvalue weighted by Crippen LogP contribution is -2.40. The van der Waals surface area contributed by atoms with Crippen molar-refractivity contribution < 1.29 is 9.59 Å². The molecule has 3 amide bonds. The zero-order chi connectivity index (χ0) is 23.0. The average molecular weight is 465 g/mol. The molecule has 0 spiro atoms. The van der Waals surface area contributed by atoms with Gasteiger partial charge in [-0.1, -0.05) is 61.9 Å². The molecular weight excluding hydrogens is 436 g/mol. The van der Waals surface area contributed by atoms with Crippen LogP contribution in [0.1, 0.15) is 44.2 Å². The van der Waals surface area contributed by atoms with Crippen molar-refractivity contribution in [1.29, 1.82) is 0 Å². The van der Waals surface area contributed by atoms with Crippen molar-refractivity contribution in [2.45, 2.75) is 50.4 Å². The van der Waals surface area contributed by atoms with Crippen LogP contribution in [0.3, 0.4) is 0 Å². The summed E-state index contributed by atoms with van der Waals surface area (Å²) < 4.78 is 2.16. The largest absolute Gasteiger partial charge is 0.334 e. The molecule has 0 radical (unpaired) electrons. The number of thioether (sulfide) groups is 1. The van der Waals surface area contributed by atoms with Crippen LogP contribution < -0.4 is 10.6 Å². The maximum absolute atomic E-state index is 12.4. The van der Waals surface area contributed by atoms with Crippen LogP contribution in [0.25, 0.3) is 11.4 Å². The van der Waals surface area contributed by atoms with Crippen LogP contribution >= 0.6 is 11.8 Å². The second-order valence-electron chi connectivity index (χ2n) is 8.25. The van der Waals surface area contributed by atoms with E-state index in [1.807, 2.05) is 42.5 Å². The fraction of sp³-hybridized carbons (Fsp3) is 0.375. The Hall–Kier alpha value is -3.20. The molecule has 2 unspecified atom stereocenters. The third-order valence-corrected chi connectivity index (χ3v) is 6.81. The van der Waals surface area contributed by atoms with E-state index in [4.69, 9.17) is 0 Å². The quantitative estimate of drug-likeness (QED) is 0.508. The number of nitrogens with one attached hydrogen (secondary N) is 2. The normalized spacial score (nSPS) is 18.0. The van der Waals surface area contributed by atoms with Crippen LogP contribution in [0.5, 0.6) is 0 Å². The molecule has 33 heavy (non-hydrogen) atoms. The van der Waals surface area contributed by atoms with Gasteiger partial charge in [-0.15, -0.1) is 10.2 Å². The van der Waals surface area contributed by atoms with Crippen molar-refractivity contribution in [3.8, 4) is 11.4 Å².